The van der Waals surface area contributed by atoms with Crippen LogP contribution in [0.5, 0.6) is 0 Å². The third-order valence-electron chi connectivity index (χ3n) is 6.79. The third kappa shape index (κ3) is 3.78. The summed E-state index contributed by atoms with van der Waals surface area (Å²) in [5.41, 5.74) is 0.859. The number of rotatable bonds is 5. The maximum absolute atomic E-state index is 13.5. The molecule has 10 heteroatoms. The van der Waals surface area contributed by atoms with Crippen molar-refractivity contribution in [2.45, 2.75) is 18.9 Å². The number of nitriles is 1. The quantitative estimate of drug-likeness (QED) is 0.423. The second-order valence-corrected chi connectivity index (χ2v) is 8.85. The summed E-state index contributed by atoms with van der Waals surface area (Å²) >= 11 is 0. The van der Waals surface area contributed by atoms with Crippen LogP contribution in [0, 0.1) is 33.2 Å². The lowest BCUT2D eigenvalue weighted by Crippen LogP contribution is -2.48. The molecule has 2 fully saturated rings. The zero-order valence-electron chi connectivity index (χ0n) is 18.6. The number of fused-ring (bicyclic) bond motifs is 1. The number of nitrogens with zero attached hydrogens (tertiary/aromatic N) is 6. The van der Waals surface area contributed by atoms with Gasteiger partial charge in [-0.25, -0.2) is 9.37 Å². The minimum Gasteiger partial charge on any atom is -0.361 e. The molecule has 3 heterocycles. The van der Waals surface area contributed by atoms with Crippen LogP contribution in [-0.4, -0.2) is 45.6 Å². The Hall–Kier alpha value is -3.84. The monoisotopic (exact) mass is 462 g/mol. The number of aromatic nitrogens is 2. The molecule has 9 nitrogen and oxygen atoms in total. The topological polar surface area (TPSA) is 108 Å². The lowest BCUT2D eigenvalue weighted by molar-refractivity contribution is -0.385. The molecule has 1 aromatic carbocycles. The number of benzene rings is 1. The van der Waals surface area contributed by atoms with E-state index in [2.05, 4.69) is 9.88 Å². The van der Waals surface area contributed by atoms with Gasteiger partial charge in [0, 0.05) is 39.3 Å². The van der Waals surface area contributed by atoms with Gasteiger partial charge in [-0.05, 0) is 48.6 Å². The summed E-state index contributed by atoms with van der Waals surface area (Å²) in [6, 6.07) is 11.9. The Morgan fingerprint density at radius 3 is 2.41 bits per heavy atom. The standard InChI is InChI=1S/C24H23FN6O3/c1-28-19-9-8-18(14-26)27-20(19)22(23(24(28)32)31(33)34)30-12-10-29(11-13-30)21(15-2-3-15)16-4-6-17(25)7-5-16/h4-9,15,21H,2-3,10-13H2,1H3/t21-/m1/s1. The molecule has 2 aromatic heterocycles. The summed E-state index contributed by atoms with van der Waals surface area (Å²) in [4.78, 5) is 32.7. The predicted molar refractivity (Wildman–Crippen MR) is 124 cm³/mol. The smallest absolute Gasteiger partial charge is 0.359 e. The van der Waals surface area contributed by atoms with Crippen LogP contribution in [0.1, 0.15) is 30.1 Å². The fraction of sp³-hybridized carbons (Fsp3) is 0.375. The lowest BCUT2D eigenvalue weighted by atomic mass is 9.99. The Morgan fingerprint density at radius 2 is 1.82 bits per heavy atom. The molecule has 1 aliphatic carbocycles. The second-order valence-electron chi connectivity index (χ2n) is 8.85. The highest BCUT2D eigenvalue weighted by molar-refractivity contribution is 5.94. The molecule has 0 N–H and O–H groups in total. The highest BCUT2D eigenvalue weighted by atomic mass is 19.1. The summed E-state index contributed by atoms with van der Waals surface area (Å²) in [6.07, 6.45) is 2.24. The SMILES string of the molecule is Cn1c(=O)c([N+](=O)[O-])c(N2CCN([C@@H](c3ccc(F)cc3)C3CC3)CC2)c2nc(C#N)ccc21. The van der Waals surface area contributed by atoms with Crippen molar-refractivity contribution in [2.75, 3.05) is 31.1 Å². The van der Waals surface area contributed by atoms with E-state index in [4.69, 9.17) is 0 Å². The van der Waals surface area contributed by atoms with Gasteiger partial charge in [0.05, 0.1) is 10.4 Å². The van der Waals surface area contributed by atoms with Crippen LogP contribution >= 0.6 is 0 Å². The number of anilines is 1. The molecule has 0 amide bonds. The molecular weight excluding hydrogens is 439 g/mol. The fourth-order valence-corrected chi connectivity index (χ4v) is 4.98. The molecule has 174 valence electrons. The highest BCUT2D eigenvalue weighted by Crippen LogP contribution is 2.45. The van der Waals surface area contributed by atoms with Crippen molar-refractivity contribution in [1.29, 1.82) is 5.26 Å². The van der Waals surface area contributed by atoms with Gasteiger partial charge in [0.2, 0.25) is 0 Å². The number of nitro groups is 1. The van der Waals surface area contributed by atoms with E-state index in [-0.39, 0.29) is 28.8 Å². The van der Waals surface area contributed by atoms with Crippen LogP contribution in [0.4, 0.5) is 15.8 Å². The first kappa shape index (κ1) is 22.0. The van der Waals surface area contributed by atoms with Crippen molar-refractivity contribution in [3.05, 3.63) is 73.9 Å². The van der Waals surface area contributed by atoms with Crippen molar-refractivity contribution in [3.63, 3.8) is 0 Å². The molecule has 0 radical (unpaired) electrons. The predicted octanol–water partition coefficient (Wildman–Crippen LogP) is 3.13. The van der Waals surface area contributed by atoms with Crippen LogP contribution in [0.25, 0.3) is 11.0 Å². The number of halogens is 1. The average molecular weight is 462 g/mol. The number of hydrogen-bond acceptors (Lipinski definition) is 7. The summed E-state index contributed by atoms with van der Waals surface area (Å²) < 4.78 is 14.7. The summed E-state index contributed by atoms with van der Waals surface area (Å²) in [5.74, 6) is 0.244. The lowest BCUT2D eigenvalue weighted by Gasteiger charge is -2.40. The maximum Gasteiger partial charge on any atom is 0.359 e. The Balaban J connectivity index is 1.51. The van der Waals surface area contributed by atoms with Gasteiger partial charge in [0.25, 0.3) is 0 Å². The summed E-state index contributed by atoms with van der Waals surface area (Å²) in [7, 11) is 1.47. The average Bonchev–Trinajstić information content (AvgIpc) is 3.67. The van der Waals surface area contributed by atoms with Gasteiger partial charge in [-0.2, -0.15) is 5.26 Å². The largest absolute Gasteiger partial charge is 0.361 e. The molecule has 1 saturated heterocycles. The molecule has 34 heavy (non-hydrogen) atoms. The Kier molecular flexibility index (Phi) is 5.49. The second kappa shape index (κ2) is 8.50. The third-order valence-corrected chi connectivity index (χ3v) is 6.79. The molecule has 0 spiro atoms. The van der Waals surface area contributed by atoms with E-state index in [9.17, 15) is 24.6 Å². The normalized spacial score (nSPS) is 17.5. The number of piperazine rings is 1. The van der Waals surface area contributed by atoms with E-state index in [1.165, 1.54) is 29.8 Å². The number of aryl methyl sites for hydroxylation is 1. The van der Waals surface area contributed by atoms with Crippen LogP contribution < -0.4 is 10.5 Å². The maximum atomic E-state index is 13.5. The first-order valence-electron chi connectivity index (χ1n) is 11.2. The fourth-order valence-electron chi connectivity index (χ4n) is 4.98. The van der Waals surface area contributed by atoms with Gasteiger partial charge in [0.1, 0.15) is 23.1 Å². The molecule has 0 unspecified atom stereocenters. The zero-order chi connectivity index (χ0) is 24.0. The minimum atomic E-state index is -0.705. The Labute approximate surface area is 194 Å². The van der Waals surface area contributed by atoms with Crippen molar-refractivity contribution in [1.82, 2.24) is 14.5 Å². The number of hydrogen-bond donors (Lipinski definition) is 0. The molecule has 5 rings (SSSR count). The van der Waals surface area contributed by atoms with Crippen LogP contribution in [0.15, 0.2) is 41.2 Å². The van der Waals surface area contributed by atoms with Gasteiger partial charge in [-0.15, -0.1) is 0 Å². The van der Waals surface area contributed by atoms with Crippen molar-refractivity contribution in [2.24, 2.45) is 13.0 Å². The van der Waals surface area contributed by atoms with Gasteiger partial charge < -0.3 is 9.47 Å². The molecule has 2 aliphatic rings. The molecule has 3 aromatic rings. The first-order valence-corrected chi connectivity index (χ1v) is 11.2. The summed E-state index contributed by atoms with van der Waals surface area (Å²) in [6.45, 7) is 2.19. The van der Waals surface area contributed by atoms with Gasteiger partial charge in [-0.3, -0.25) is 19.8 Å². The highest BCUT2D eigenvalue weighted by Gasteiger charge is 2.39. The van der Waals surface area contributed by atoms with E-state index in [1.807, 2.05) is 23.1 Å². The van der Waals surface area contributed by atoms with Crippen molar-refractivity contribution >= 4 is 22.4 Å². The van der Waals surface area contributed by atoms with E-state index >= 15 is 0 Å². The van der Waals surface area contributed by atoms with E-state index in [0.717, 1.165) is 18.4 Å². The molecule has 1 atom stereocenters. The van der Waals surface area contributed by atoms with Crippen LogP contribution in [-0.2, 0) is 7.05 Å². The van der Waals surface area contributed by atoms with E-state index in [1.54, 1.807) is 6.07 Å². The zero-order valence-corrected chi connectivity index (χ0v) is 18.6. The van der Waals surface area contributed by atoms with Crippen molar-refractivity contribution < 1.29 is 9.31 Å². The van der Waals surface area contributed by atoms with E-state index in [0.29, 0.717) is 37.6 Å². The van der Waals surface area contributed by atoms with Crippen molar-refractivity contribution in [3.8, 4) is 6.07 Å². The Bertz CT molecular complexity index is 1370. The first-order chi connectivity index (χ1) is 16.4. The molecule has 1 saturated carbocycles. The van der Waals surface area contributed by atoms with Crippen LogP contribution in [0.3, 0.4) is 0 Å². The molecule has 0 bridgehead atoms. The molecular formula is C24H23FN6O3. The minimum absolute atomic E-state index is 0.130. The van der Waals surface area contributed by atoms with Gasteiger partial charge in [-0.1, -0.05) is 12.1 Å². The number of pyridine rings is 2. The van der Waals surface area contributed by atoms with Crippen LogP contribution in [0.2, 0.25) is 0 Å². The molecule has 1 aliphatic heterocycles. The Morgan fingerprint density at radius 1 is 1.15 bits per heavy atom. The van der Waals surface area contributed by atoms with Gasteiger partial charge in [0.15, 0.2) is 5.69 Å². The summed E-state index contributed by atoms with van der Waals surface area (Å²) in [5, 5.41) is 21.3. The van der Waals surface area contributed by atoms with E-state index < -0.39 is 16.2 Å². The van der Waals surface area contributed by atoms with Gasteiger partial charge >= 0.3 is 11.2 Å².